The van der Waals surface area contributed by atoms with Crippen molar-refractivity contribution in [1.82, 2.24) is 19.9 Å². The molecule has 1 saturated heterocycles. The first-order chi connectivity index (χ1) is 11.0. The zero-order valence-corrected chi connectivity index (χ0v) is 13.1. The van der Waals surface area contributed by atoms with Crippen LogP contribution in [0.4, 0.5) is 0 Å². The lowest BCUT2D eigenvalue weighted by Gasteiger charge is -2.38. The number of aryl methyl sites for hydroxylation is 1. The van der Waals surface area contributed by atoms with Gasteiger partial charge in [-0.15, -0.1) is 0 Å². The minimum Gasteiger partial charge on any atom is -0.337 e. The summed E-state index contributed by atoms with van der Waals surface area (Å²) in [5.41, 5.74) is 1.00. The maximum Gasteiger partial charge on any atom is 0.246 e. The van der Waals surface area contributed by atoms with Gasteiger partial charge in [-0.25, -0.2) is 0 Å². The third kappa shape index (κ3) is 3.23. The summed E-state index contributed by atoms with van der Waals surface area (Å²) in [6.45, 7) is 1.93. The van der Waals surface area contributed by atoms with Crippen molar-refractivity contribution in [2.75, 3.05) is 13.6 Å². The van der Waals surface area contributed by atoms with Crippen LogP contribution in [0.5, 0.6) is 0 Å². The number of carbonyl (C=O) groups excluding carboxylic acids is 2. The van der Waals surface area contributed by atoms with Gasteiger partial charge in [0.25, 0.3) is 0 Å². The van der Waals surface area contributed by atoms with Crippen molar-refractivity contribution in [1.29, 1.82) is 0 Å². The van der Waals surface area contributed by atoms with Crippen molar-refractivity contribution in [3.05, 3.63) is 47.6 Å². The Bertz CT molecular complexity index is 713. The van der Waals surface area contributed by atoms with E-state index >= 15 is 0 Å². The number of nitrogens with zero attached hydrogens (tertiary/aromatic N) is 4. The molecule has 0 unspecified atom stereocenters. The monoisotopic (exact) mass is 314 g/mol. The number of benzene rings is 1. The fourth-order valence-electron chi connectivity index (χ4n) is 2.72. The van der Waals surface area contributed by atoms with Crippen LogP contribution in [-0.2, 0) is 22.6 Å². The van der Waals surface area contributed by atoms with Gasteiger partial charge in [0.2, 0.25) is 17.7 Å². The molecule has 2 heterocycles. The number of hydrogen-bond donors (Lipinski definition) is 0. The SMILES string of the molecule is Cc1noc(CN2C(=O)CN(C)C(=O)[C@H]2Cc2ccccc2)n1. The first kappa shape index (κ1) is 15.2. The number of amides is 2. The van der Waals surface area contributed by atoms with Crippen LogP contribution in [0.15, 0.2) is 34.9 Å². The molecule has 1 fully saturated rings. The molecule has 0 spiro atoms. The fourth-order valence-corrected chi connectivity index (χ4v) is 2.72. The summed E-state index contributed by atoms with van der Waals surface area (Å²) in [5, 5.41) is 3.73. The normalized spacial score (nSPS) is 18.6. The summed E-state index contributed by atoms with van der Waals surface area (Å²) in [6, 6.07) is 9.08. The lowest BCUT2D eigenvalue weighted by atomic mass is 10.0. The Morgan fingerprint density at radius 2 is 2.00 bits per heavy atom. The lowest BCUT2D eigenvalue weighted by Crippen LogP contribution is -2.59. The van der Waals surface area contributed by atoms with E-state index in [1.807, 2.05) is 30.3 Å². The highest BCUT2D eigenvalue weighted by Gasteiger charge is 2.38. The molecule has 0 bridgehead atoms. The molecule has 1 aliphatic heterocycles. The molecule has 1 aromatic heterocycles. The van der Waals surface area contributed by atoms with E-state index in [-0.39, 0.29) is 24.9 Å². The molecule has 0 N–H and O–H groups in total. The predicted octanol–water partition coefficient (Wildman–Crippen LogP) is 0.790. The average molecular weight is 314 g/mol. The Kier molecular flexibility index (Phi) is 4.10. The Morgan fingerprint density at radius 1 is 1.26 bits per heavy atom. The second-order valence-corrected chi connectivity index (χ2v) is 5.66. The number of piperazine rings is 1. The number of carbonyl (C=O) groups is 2. The van der Waals surface area contributed by atoms with E-state index in [0.717, 1.165) is 5.56 Å². The first-order valence-electron chi connectivity index (χ1n) is 7.42. The largest absolute Gasteiger partial charge is 0.337 e. The lowest BCUT2D eigenvalue weighted by molar-refractivity contribution is -0.155. The standard InChI is InChI=1S/C16H18N4O3/c1-11-17-14(23-18-11)9-20-13(8-12-6-4-3-5-7-12)16(22)19(2)10-15(20)21/h3-7,13H,8-10H2,1-2H3/t13-/m1/s1. The molecule has 1 aliphatic rings. The van der Waals surface area contributed by atoms with Crippen molar-refractivity contribution in [2.24, 2.45) is 0 Å². The minimum absolute atomic E-state index is 0.0667. The van der Waals surface area contributed by atoms with E-state index in [1.165, 1.54) is 9.80 Å². The molecular formula is C16H18N4O3. The minimum atomic E-state index is -0.559. The molecule has 2 amide bonds. The van der Waals surface area contributed by atoms with Gasteiger partial charge in [-0.2, -0.15) is 4.98 Å². The Hall–Kier alpha value is -2.70. The molecule has 0 saturated carbocycles. The maximum atomic E-state index is 12.5. The molecule has 7 nitrogen and oxygen atoms in total. The summed E-state index contributed by atoms with van der Waals surface area (Å²) in [4.78, 5) is 32.1. The second-order valence-electron chi connectivity index (χ2n) is 5.66. The topological polar surface area (TPSA) is 79.5 Å². The van der Waals surface area contributed by atoms with E-state index in [1.54, 1.807) is 14.0 Å². The van der Waals surface area contributed by atoms with Gasteiger partial charge in [-0.05, 0) is 12.5 Å². The van der Waals surface area contributed by atoms with Crippen molar-refractivity contribution >= 4 is 11.8 Å². The third-order valence-electron chi connectivity index (χ3n) is 3.88. The highest BCUT2D eigenvalue weighted by atomic mass is 16.5. The van der Waals surface area contributed by atoms with E-state index in [2.05, 4.69) is 10.1 Å². The van der Waals surface area contributed by atoms with Crippen LogP contribution in [0, 0.1) is 6.92 Å². The van der Waals surface area contributed by atoms with Crippen molar-refractivity contribution in [3.8, 4) is 0 Å². The van der Waals surface area contributed by atoms with Crippen molar-refractivity contribution < 1.29 is 14.1 Å². The smallest absolute Gasteiger partial charge is 0.246 e. The zero-order chi connectivity index (χ0) is 16.4. The van der Waals surface area contributed by atoms with Gasteiger partial charge < -0.3 is 14.3 Å². The van der Waals surface area contributed by atoms with Gasteiger partial charge in [0, 0.05) is 13.5 Å². The van der Waals surface area contributed by atoms with Gasteiger partial charge in [-0.3, -0.25) is 9.59 Å². The maximum absolute atomic E-state index is 12.5. The highest BCUT2D eigenvalue weighted by molar-refractivity contribution is 5.94. The predicted molar refractivity (Wildman–Crippen MR) is 81.2 cm³/mol. The first-order valence-corrected chi connectivity index (χ1v) is 7.42. The average Bonchev–Trinajstić information content (AvgIpc) is 2.95. The third-order valence-corrected chi connectivity index (χ3v) is 3.88. The molecule has 1 atom stereocenters. The molecule has 0 radical (unpaired) electrons. The van der Waals surface area contributed by atoms with E-state index in [9.17, 15) is 9.59 Å². The molecule has 7 heteroatoms. The number of likely N-dealkylation sites (N-methyl/N-ethyl adjacent to an activating group) is 1. The summed E-state index contributed by atoms with van der Waals surface area (Å²) < 4.78 is 5.10. The second kappa shape index (κ2) is 6.20. The van der Waals surface area contributed by atoms with Gasteiger partial charge >= 0.3 is 0 Å². The highest BCUT2D eigenvalue weighted by Crippen LogP contribution is 2.19. The Labute approximate surface area is 133 Å². The van der Waals surface area contributed by atoms with Crippen molar-refractivity contribution in [2.45, 2.75) is 25.9 Å². The molecule has 1 aromatic carbocycles. The summed E-state index contributed by atoms with van der Waals surface area (Å²) in [5.74, 6) is 0.646. The quantitative estimate of drug-likeness (QED) is 0.833. The summed E-state index contributed by atoms with van der Waals surface area (Å²) >= 11 is 0. The van der Waals surface area contributed by atoms with Gasteiger partial charge in [-0.1, -0.05) is 35.5 Å². The summed E-state index contributed by atoms with van der Waals surface area (Å²) in [6.07, 6.45) is 0.461. The molecule has 23 heavy (non-hydrogen) atoms. The zero-order valence-electron chi connectivity index (χ0n) is 13.1. The van der Waals surface area contributed by atoms with Crippen LogP contribution in [-0.4, -0.2) is 51.4 Å². The van der Waals surface area contributed by atoms with Gasteiger partial charge in [0.05, 0.1) is 6.54 Å². The molecule has 0 aliphatic carbocycles. The van der Waals surface area contributed by atoms with Crippen LogP contribution in [0.3, 0.4) is 0 Å². The van der Waals surface area contributed by atoms with E-state index < -0.39 is 6.04 Å². The Balaban J connectivity index is 1.85. The molecule has 3 rings (SSSR count). The Morgan fingerprint density at radius 3 is 2.65 bits per heavy atom. The van der Waals surface area contributed by atoms with Crippen molar-refractivity contribution in [3.63, 3.8) is 0 Å². The van der Waals surface area contributed by atoms with Crippen LogP contribution in [0.1, 0.15) is 17.3 Å². The van der Waals surface area contributed by atoms with E-state index in [0.29, 0.717) is 18.1 Å². The van der Waals surface area contributed by atoms with E-state index in [4.69, 9.17) is 4.52 Å². The van der Waals surface area contributed by atoms with Crippen LogP contribution >= 0.6 is 0 Å². The number of rotatable bonds is 4. The van der Waals surface area contributed by atoms with Gasteiger partial charge in [0.15, 0.2) is 5.82 Å². The molecule has 2 aromatic rings. The van der Waals surface area contributed by atoms with Crippen LogP contribution in [0.2, 0.25) is 0 Å². The molecule has 120 valence electrons. The molecular weight excluding hydrogens is 296 g/mol. The number of hydrogen-bond acceptors (Lipinski definition) is 5. The van der Waals surface area contributed by atoms with Crippen LogP contribution in [0.25, 0.3) is 0 Å². The number of aromatic nitrogens is 2. The van der Waals surface area contributed by atoms with Gasteiger partial charge in [0.1, 0.15) is 12.6 Å². The fraction of sp³-hybridized carbons (Fsp3) is 0.375. The summed E-state index contributed by atoms with van der Waals surface area (Å²) in [7, 11) is 1.65. The van der Waals surface area contributed by atoms with Crippen LogP contribution < -0.4 is 0 Å².